The molecule has 2 N–H and O–H groups in total. The summed E-state index contributed by atoms with van der Waals surface area (Å²) in [4.78, 5) is 26.5. The number of hydrogen-bond acceptors (Lipinski definition) is 4. The smallest absolute Gasteiger partial charge is 0.181 e. The molecule has 4 heteroatoms. The van der Waals surface area contributed by atoms with E-state index in [0.717, 1.165) is 36.8 Å². The highest BCUT2D eigenvalue weighted by molar-refractivity contribution is 6.12. The molecule has 3 aliphatic rings. The molecule has 0 bridgehead atoms. The van der Waals surface area contributed by atoms with E-state index < -0.39 is 5.60 Å². The van der Waals surface area contributed by atoms with Gasteiger partial charge in [-0.3, -0.25) is 9.59 Å². The van der Waals surface area contributed by atoms with E-state index in [1.54, 1.807) is 38.2 Å². The van der Waals surface area contributed by atoms with Gasteiger partial charge in [0.05, 0.1) is 11.7 Å². The van der Waals surface area contributed by atoms with Crippen LogP contribution in [0.4, 0.5) is 0 Å². The molecular formula is C30H44O4. The second-order valence-corrected chi connectivity index (χ2v) is 12.7. The molecule has 0 spiro atoms. The lowest BCUT2D eigenvalue weighted by atomic mass is 9.43. The molecule has 3 rings (SSSR count). The standard InChI is InChI=1S/C30H44O4/c1-19(10-9-15-27(3,4)34)11-12-21(31)20(2)26-22(32)18-24-29(7)17-14-25(33)28(5,6)23(29)13-16-30(24,26)8/h9-12,15,23-25,33-34H,13-14,16-18H2,1-8H3/b12-11+,15-9+,19-10+,26-20+/t23-,24-,25-,29-,30-/m0/s1. The van der Waals surface area contributed by atoms with Crippen molar-refractivity contribution in [3.05, 3.63) is 47.1 Å². The summed E-state index contributed by atoms with van der Waals surface area (Å²) in [6, 6.07) is 0. The van der Waals surface area contributed by atoms with Crippen molar-refractivity contribution in [1.29, 1.82) is 0 Å². The molecule has 0 aliphatic heterocycles. The molecule has 0 aromatic carbocycles. The molecule has 0 amide bonds. The van der Waals surface area contributed by atoms with E-state index in [2.05, 4.69) is 27.7 Å². The van der Waals surface area contributed by atoms with Crippen LogP contribution in [0, 0.1) is 28.1 Å². The third-order valence-corrected chi connectivity index (χ3v) is 9.37. The van der Waals surface area contributed by atoms with E-state index in [9.17, 15) is 19.8 Å². The zero-order valence-electron chi connectivity index (χ0n) is 22.4. The number of carbonyl (C=O) groups is 2. The van der Waals surface area contributed by atoms with Crippen molar-refractivity contribution < 1.29 is 19.8 Å². The topological polar surface area (TPSA) is 74.6 Å². The fourth-order valence-corrected chi connectivity index (χ4v) is 7.49. The average Bonchev–Trinajstić information content (AvgIpc) is 2.99. The Morgan fingerprint density at radius 3 is 2.29 bits per heavy atom. The lowest BCUT2D eigenvalue weighted by Gasteiger charge is -2.62. The van der Waals surface area contributed by atoms with Gasteiger partial charge in [-0.15, -0.1) is 0 Å². The molecule has 0 aromatic rings. The first-order valence-electron chi connectivity index (χ1n) is 12.8. The van der Waals surface area contributed by atoms with Crippen LogP contribution < -0.4 is 0 Å². The molecule has 3 fully saturated rings. The van der Waals surface area contributed by atoms with E-state index >= 15 is 0 Å². The van der Waals surface area contributed by atoms with Gasteiger partial charge in [0, 0.05) is 23.0 Å². The van der Waals surface area contributed by atoms with Crippen LogP contribution in [0.1, 0.15) is 87.5 Å². The largest absolute Gasteiger partial charge is 0.393 e. The summed E-state index contributed by atoms with van der Waals surface area (Å²) in [7, 11) is 0. The monoisotopic (exact) mass is 468 g/mol. The molecule has 5 atom stereocenters. The Labute approximate surface area is 205 Å². The first-order chi connectivity index (χ1) is 15.5. The Kier molecular flexibility index (Phi) is 7.12. The second-order valence-electron chi connectivity index (χ2n) is 12.7. The predicted octanol–water partition coefficient (Wildman–Crippen LogP) is 5.89. The summed E-state index contributed by atoms with van der Waals surface area (Å²) in [6.07, 6.45) is 12.4. The number of aliphatic hydroxyl groups is 2. The maximum Gasteiger partial charge on any atom is 0.181 e. The second kappa shape index (κ2) is 9.02. The molecule has 3 saturated carbocycles. The Hall–Kier alpha value is -1.78. The van der Waals surface area contributed by atoms with Gasteiger partial charge in [-0.2, -0.15) is 0 Å². The van der Waals surface area contributed by atoms with E-state index in [4.69, 9.17) is 0 Å². The molecular weight excluding hydrogens is 424 g/mol. The molecule has 188 valence electrons. The normalized spacial score (nSPS) is 37.8. The highest BCUT2D eigenvalue weighted by Gasteiger charge is 2.64. The molecule has 0 radical (unpaired) electrons. The van der Waals surface area contributed by atoms with Crippen LogP contribution in [0.3, 0.4) is 0 Å². The van der Waals surface area contributed by atoms with Gasteiger partial charge >= 0.3 is 0 Å². The van der Waals surface area contributed by atoms with Crippen LogP contribution >= 0.6 is 0 Å². The van der Waals surface area contributed by atoms with Gasteiger partial charge in [0.2, 0.25) is 0 Å². The summed E-state index contributed by atoms with van der Waals surface area (Å²) < 4.78 is 0. The number of rotatable bonds is 5. The molecule has 0 saturated heterocycles. The van der Waals surface area contributed by atoms with E-state index in [1.165, 1.54) is 0 Å². The maximum atomic E-state index is 13.4. The van der Waals surface area contributed by atoms with Crippen LogP contribution in [-0.2, 0) is 9.59 Å². The molecule has 34 heavy (non-hydrogen) atoms. The number of fused-ring (bicyclic) bond motifs is 3. The first-order valence-corrected chi connectivity index (χ1v) is 12.8. The maximum absolute atomic E-state index is 13.4. The minimum Gasteiger partial charge on any atom is -0.393 e. The van der Waals surface area contributed by atoms with Crippen LogP contribution in [0.5, 0.6) is 0 Å². The number of aliphatic hydroxyl groups excluding tert-OH is 1. The number of Topliss-reactive ketones (excluding diaryl/α,β-unsaturated/α-hetero) is 1. The van der Waals surface area contributed by atoms with Gasteiger partial charge in [0.15, 0.2) is 11.6 Å². The van der Waals surface area contributed by atoms with Gasteiger partial charge in [-0.25, -0.2) is 0 Å². The van der Waals surface area contributed by atoms with Gasteiger partial charge < -0.3 is 10.2 Å². The Morgan fingerprint density at radius 1 is 1.03 bits per heavy atom. The highest BCUT2D eigenvalue weighted by atomic mass is 16.3. The quantitative estimate of drug-likeness (QED) is 0.389. The lowest BCUT2D eigenvalue weighted by molar-refractivity contribution is -0.158. The highest BCUT2D eigenvalue weighted by Crippen LogP contribution is 2.69. The van der Waals surface area contributed by atoms with Crippen molar-refractivity contribution in [2.75, 3.05) is 0 Å². The van der Waals surface area contributed by atoms with E-state index in [-0.39, 0.29) is 39.8 Å². The first kappa shape index (κ1) is 26.8. The van der Waals surface area contributed by atoms with Crippen LogP contribution in [0.15, 0.2) is 47.1 Å². The number of allylic oxidation sites excluding steroid dienone is 7. The third-order valence-electron chi connectivity index (χ3n) is 9.37. The van der Waals surface area contributed by atoms with Crippen molar-refractivity contribution in [3.63, 3.8) is 0 Å². The van der Waals surface area contributed by atoms with Gasteiger partial charge in [-0.05, 0) is 82.1 Å². The Morgan fingerprint density at radius 2 is 1.68 bits per heavy atom. The minimum absolute atomic E-state index is 0.0154. The summed E-state index contributed by atoms with van der Waals surface area (Å²) >= 11 is 0. The third kappa shape index (κ3) is 4.68. The summed E-state index contributed by atoms with van der Waals surface area (Å²) in [6.45, 7) is 16.0. The fraction of sp³-hybridized carbons (Fsp3) is 0.667. The number of ketones is 2. The summed E-state index contributed by atoms with van der Waals surface area (Å²) in [5.41, 5.74) is 0.841. The van der Waals surface area contributed by atoms with Crippen LogP contribution in [0.25, 0.3) is 0 Å². The minimum atomic E-state index is -0.882. The fourth-order valence-electron chi connectivity index (χ4n) is 7.49. The zero-order valence-corrected chi connectivity index (χ0v) is 22.4. The van der Waals surface area contributed by atoms with Crippen LogP contribution in [-0.4, -0.2) is 33.5 Å². The van der Waals surface area contributed by atoms with Crippen molar-refractivity contribution >= 4 is 11.6 Å². The van der Waals surface area contributed by atoms with E-state index in [1.807, 2.05) is 19.9 Å². The predicted molar refractivity (Wildman–Crippen MR) is 137 cm³/mol. The van der Waals surface area contributed by atoms with Gasteiger partial charge in [-0.1, -0.05) is 57.6 Å². The lowest BCUT2D eigenvalue weighted by Crippen LogP contribution is -2.57. The molecule has 0 aromatic heterocycles. The number of carbonyl (C=O) groups excluding carboxylic acids is 2. The molecule has 0 unspecified atom stereocenters. The molecule has 0 heterocycles. The van der Waals surface area contributed by atoms with Gasteiger partial charge in [0.1, 0.15) is 0 Å². The van der Waals surface area contributed by atoms with Crippen LogP contribution in [0.2, 0.25) is 0 Å². The van der Waals surface area contributed by atoms with Gasteiger partial charge in [0.25, 0.3) is 0 Å². The number of hydrogen-bond donors (Lipinski definition) is 2. The SMILES string of the molecule is C/C(C(=O)/C=C/C(C)=C/C=C/C(C)(C)O)=C1/C(=O)C[C@H]2[C@@]3(C)CC[C@H](O)C(C)(C)[C@@H]3CC[C@]12C. The van der Waals surface area contributed by atoms with Crippen molar-refractivity contribution in [2.24, 2.45) is 28.1 Å². The van der Waals surface area contributed by atoms with Crippen molar-refractivity contribution in [2.45, 2.75) is 99.2 Å². The average molecular weight is 469 g/mol. The Balaban J connectivity index is 1.89. The summed E-state index contributed by atoms with van der Waals surface area (Å²) in [5.74, 6) is 0.581. The molecule has 4 nitrogen and oxygen atoms in total. The zero-order chi connectivity index (χ0) is 25.7. The summed E-state index contributed by atoms with van der Waals surface area (Å²) in [5, 5.41) is 20.5. The van der Waals surface area contributed by atoms with Crippen molar-refractivity contribution in [3.8, 4) is 0 Å². The van der Waals surface area contributed by atoms with E-state index in [0.29, 0.717) is 17.9 Å². The van der Waals surface area contributed by atoms with Crippen molar-refractivity contribution in [1.82, 2.24) is 0 Å². The Bertz CT molecular complexity index is 970. The molecule has 3 aliphatic carbocycles.